The average molecular weight is 311 g/mol. The molecular formula is C16H22FNO4. The van der Waals surface area contributed by atoms with Gasteiger partial charge in [0, 0.05) is 6.42 Å². The van der Waals surface area contributed by atoms with E-state index in [9.17, 15) is 14.0 Å². The van der Waals surface area contributed by atoms with Gasteiger partial charge in [0.2, 0.25) is 0 Å². The number of hydrogen-bond acceptors (Lipinski definition) is 4. The maximum Gasteiger partial charge on any atom is 0.408 e. The van der Waals surface area contributed by atoms with E-state index < -0.39 is 30.4 Å². The molecule has 0 aromatic heterocycles. The fraction of sp³-hybridized carbons (Fsp3) is 0.500. The second kappa shape index (κ2) is 8.36. The molecule has 0 aliphatic carbocycles. The highest BCUT2D eigenvalue weighted by molar-refractivity contribution is 5.81. The maximum absolute atomic E-state index is 12.6. The molecule has 6 heteroatoms. The highest BCUT2D eigenvalue weighted by Gasteiger charge is 2.25. The summed E-state index contributed by atoms with van der Waals surface area (Å²) in [6.45, 7) is 4.42. The van der Waals surface area contributed by atoms with Crippen LogP contribution < -0.4 is 5.32 Å². The molecule has 1 aromatic rings. The zero-order valence-corrected chi connectivity index (χ0v) is 13.1. The van der Waals surface area contributed by atoms with Gasteiger partial charge < -0.3 is 14.8 Å². The van der Waals surface area contributed by atoms with Crippen LogP contribution in [0.25, 0.3) is 0 Å². The highest BCUT2D eigenvalue weighted by Crippen LogP contribution is 2.08. The molecule has 0 aliphatic rings. The molecule has 1 aromatic carbocycles. The zero-order chi connectivity index (χ0) is 16.6. The van der Waals surface area contributed by atoms with E-state index in [1.54, 1.807) is 32.9 Å². The van der Waals surface area contributed by atoms with Gasteiger partial charge in [0.25, 0.3) is 0 Å². The monoisotopic (exact) mass is 311 g/mol. The normalized spacial score (nSPS) is 12.4. The third-order valence-corrected chi connectivity index (χ3v) is 2.60. The molecule has 0 spiro atoms. The summed E-state index contributed by atoms with van der Waals surface area (Å²) in [7, 11) is 0. The van der Waals surface area contributed by atoms with Gasteiger partial charge in [-0.15, -0.1) is 0 Å². The lowest BCUT2D eigenvalue weighted by atomic mass is 10.2. The van der Waals surface area contributed by atoms with Crippen molar-refractivity contribution >= 4 is 12.1 Å². The number of nitrogens with one attached hydrogen (secondary N) is 1. The van der Waals surface area contributed by atoms with E-state index in [0.29, 0.717) is 0 Å². The third-order valence-electron chi connectivity index (χ3n) is 2.60. The van der Waals surface area contributed by atoms with Gasteiger partial charge in [-0.2, -0.15) is 0 Å². The minimum atomic E-state index is -1.07. The number of benzene rings is 1. The first-order valence-electron chi connectivity index (χ1n) is 7.08. The van der Waals surface area contributed by atoms with Gasteiger partial charge in [0.15, 0.2) is 0 Å². The van der Waals surface area contributed by atoms with Gasteiger partial charge in [0.1, 0.15) is 18.2 Å². The van der Waals surface area contributed by atoms with Crippen molar-refractivity contribution in [3.05, 3.63) is 35.9 Å². The lowest BCUT2D eigenvalue weighted by Gasteiger charge is -2.22. The van der Waals surface area contributed by atoms with Crippen molar-refractivity contribution in [2.24, 2.45) is 0 Å². The summed E-state index contributed by atoms with van der Waals surface area (Å²) in [5, 5.41) is 2.33. The molecule has 1 atom stereocenters. The van der Waals surface area contributed by atoms with E-state index in [0.717, 1.165) is 5.56 Å². The van der Waals surface area contributed by atoms with Gasteiger partial charge in [-0.05, 0) is 26.3 Å². The van der Waals surface area contributed by atoms with E-state index in [1.807, 2.05) is 18.2 Å². The Morgan fingerprint density at radius 2 is 1.86 bits per heavy atom. The van der Waals surface area contributed by atoms with E-state index in [-0.39, 0.29) is 13.0 Å². The average Bonchev–Trinajstić information content (AvgIpc) is 2.43. The SMILES string of the molecule is CC(C)(C)OC(=O)N[C@@H](CCF)C(=O)OCc1ccccc1. The molecule has 0 fully saturated rings. The Morgan fingerprint density at radius 1 is 1.23 bits per heavy atom. The summed E-state index contributed by atoms with van der Waals surface area (Å²) in [5.74, 6) is -0.688. The molecular weight excluding hydrogens is 289 g/mol. The van der Waals surface area contributed by atoms with Gasteiger partial charge in [-0.3, -0.25) is 4.39 Å². The van der Waals surface area contributed by atoms with Crippen LogP contribution in [0.4, 0.5) is 9.18 Å². The number of halogens is 1. The number of hydrogen-bond donors (Lipinski definition) is 1. The van der Waals surface area contributed by atoms with Crippen molar-refractivity contribution in [1.82, 2.24) is 5.32 Å². The van der Waals surface area contributed by atoms with Gasteiger partial charge in [-0.25, -0.2) is 9.59 Å². The summed E-state index contributed by atoms with van der Waals surface area (Å²) in [4.78, 5) is 23.6. The molecule has 0 unspecified atom stereocenters. The van der Waals surface area contributed by atoms with Crippen LogP contribution in [0.5, 0.6) is 0 Å². The van der Waals surface area contributed by atoms with Crippen molar-refractivity contribution in [2.45, 2.75) is 45.4 Å². The van der Waals surface area contributed by atoms with Crippen LogP contribution in [0.1, 0.15) is 32.8 Å². The van der Waals surface area contributed by atoms with Crippen molar-refractivity contribution in [3.63, 3.8) is 0 Å². The predicted molar refractivity (Wildman–Crippen MR) is 80.0 cm³/mol. The van der Waals surface area contributed by atoms with Crippen LogP contribution in [0.3, 0.4) is 0 Å². The number of amides is 1. The third kappa shape index (κ3) is 7.06. The largest absolute Gasteiger partial charge is 0.459 e. The summed E-state index contributed by atoms with van der Waals surface area (Å²) in [6, 6.07) is 8.03. The molecule has 0 radical (unpaired) electrons. The Morgan fingerprint density at radius 3 is 2.41 bits per heavy atom. The number of ether oxygens (including phenoxy) is 2. The van der Waals surface area contributed by atoms with E-state index >= 15 is 0 Å². The van der Waals surface area contributed by atoms with Crippen LogP contribution in [0.2, 0.25) is 0 Å². The van der Waals surface area contributed by atoms with E-state index in [1.165, 1.54) is 0 Å². The first-order chi connectivity index (χ1) is 10.3. The number of carbonyl (C=O) groups is 2. The Hall–Kier alpha value is -2.11. The Labute approximate surface area is 129 Å². The molecule has 0 heterocycles. The van der Waals surface area contributed by atoms with Gasteiger partial charge in [-0.1, -0.05) is 30.3 Å². The first kappa shape index (κ1) is 17.9. The van der Waals surface area contributed by atoms with Crippen molar-refractivity contribution in [1.29, 1.82) is 0 Å². The molecule has 122 valence electrons. The van der Waals surface area contributed by atoms with Crippen molar-refractivity contribution in [3.8, 4) is 0 Å². The number of alkyl carbamates (subject to hydrolysis) is 1. The second-order valence-corrected chi connectivity index (χ2v) is 5.77. The molecule has 0 saturated carbocycles. The molecule has 22 heavy (non-hydrogen) atoms. The predicted octanol–water partition coefficient (Wildman–Crippen LogP) is 2.98. The van der Waals surface area contributed by atoms with Crippen molar-refractivity contribution in [2.75, 3.05) is 6.67 Å². The standard InChI is InChI=1S/C16H22FNO4/c1-16(2,3)22-15(20)18-13(9-10-17)14(19)21-11-12-7-5-4-6-8-12/h4-8,13H,9-11H2,1-3H3,(H,18,20)/t13-/m0/s1. The minimum absolute atomic E-state index is 0.0679. The molecule has 1 amide bonds. The van der Waals surface area contributed by atoms with E-state index in [4.69, 9.17) is 9.47 Å². The van der Waals surface area contributed by atoms with Crippen LogP contribution in [-0.2, 0) is 20.9 Å². The van der Waals surface area contributed by atoms with Crippen LogP contribution in [0.15, 0.2) is 30.3 Å². The van der Waals surface area contributed by atoms with Crippen LogP contribution in [-0.4, -0.2) is 30.4 Å². The summed E-state index contributed by atoms with van der Waals surface area (Å²) in [5.41, 5.74) is 0.116. The zero-order valence-electron chi connectivity index (χ0n) is 13.1. The van der Waals surface area contributed by atoms with Crippen molar-refractivity contribution < 1.29 is 23.5 Å². The molecule has 0 saturated heterocycles. The quantitative estimate of drug-likeness (QED) is 0.820. The molecule has 1 rings (SSSR count). The fourth-order valence-electron chi connectivity index (χ4n) is 1.64. The molecule has 0 aliphatic heterocycles. The number of esters is 1. The molecule has 0 bridgehead atoms. The summed E-state index contributed by atoms with van der Waals surface area (Å²) >= 11 is 0. The number of carbonyl (C=O) groups excluding carboxylic acids is 2. The lowest BCUT2D eigenvalue weighted by molar-refractivity contribution is -0.147. The molecule has 5 nitrogen and oxygen atoms in total. The topological polar surface area (TPSA) is 64.6 Å². The van der Waals surface area contributed by atoms with Gasteiger partial charge in [0.05, 0.1) is 6.67 Å². The maximum atomic E-state index is 12.6. The second-order valence-electron chi connectivity index (χ2n) is 5.77. The fourth-order valence-corrected chi connectivity index (χ4v) is 1.64. The van der Waals surface area contributed by atoms with Gasteiger partial charge >= 0.3 is 12.1 Å². The highest BCUT2D eigenvalue weighted by atomic mass is 19.1. The Balaban J connectivity index is 2.54. The Kier molecular flexibility index (Phi) is 6.82. The Bertz CT molecular complexity index is 485. The first-order valence-corrected chi connectivity index (χ1v) is 7.08. The number of rotatable bonds is 6. The van der Waals surface area contributed by atoms with Crippen LogP contribution in [0, 0.1) is 0 Å². The molecule has 1 N–H and O–H groups in total. The smallest absolute Gasteiger partial charge is 0.408 e. The summed E-state index contributed by atoms with van der Waals surface area (Å²) < 4.78 is 22.7. The van der Waals surface area contributed by atoms with Crippen LogP contribution >= 0.6 is 0 Å². The lowest BCUT2D eigenvalue weighted by Crippen LogP contribution is -2.44. The minimum Gasteiger partial charge on any atom is -0.459 e. The van der Waals surface area contributed by atoms with E-state index in [2.05, 4.69) is 5.32 Å². The summed E-state index contributed by atoms with van der Waals surface area (Å²) in [6.07, 6.45) is -0.935. The number of alkyl halides is 1.